The number of carboxylic acid groups (broad SMARTS) is 1. The van der Waals surface area contributed by atoms with E-state index in [1.54, 1.807) is 6.07 Å². The maximum Gasteiger partial charge on any atom is 0.337 e. The third-order valence-electron chi connectivity index (χ3n) is 2.18. The fourth-order valence-electron chi connectivity index (χ4n) is 1.20. The van der Waals surface area contributed by atoms with E-state index >= 15 is 0 Å². The van der Waals surface area contributed by atoms with E-state index in [-0.39, 0.29) is 5.56 Å². The molecule has 0 saturated heterocycles. The topological polar surface area (TPSA) is 76.2 Å². The Labute approximate surface area is 102 Å². The van der Waals surface area contributed by atoms with Crippen molar-refractivity contribution in [3.63, 3.8) is 0 Å². The predicted octanol–water partition coefficient (Wildman–Crippen LogP) is 2.37. The highest BCUT2D eigenvalue weighted by Gasteiger charge is 2.06. The number of aromatic carboxylic acids is 1. The summed E-state index contributed by atoms with van der Waals surface area (Å²) in [5, 5.41) is 9.48. The third kappa shape index (κ3) is 2.85. The van der Waals surface area contributed by atoms with Crippen molar-refractivity contribution >= 4 is 17.7 Å². The molecule has 0 spiro atoms. The molecule has 0 fully saturated rings. The van der Waals surface area contributed by atoms with Gasteiger partial charge in [-0.3, -0.25) is 0 Å². The maximum absolute atomic E-state index is 10.6. The largest absolute Gasteiger partial charge is 0.478 e. The van der Waals surface area contributed by atoms with Crippen LogP contribution in [0.25, 0.3) is 0 Å². The lowest BCUT2D eigenvalue weighted by molar-refractivity contribution is 0.0696. The van der Waals surface area contributed by atoms with Crippen LogP contribution < -0.4 is 0 Å². The molecule has 0 aliphatic carbocycles. The van der Waals surface area contributed by atoms with Crippen LogP contribution in [0.5, 0.6) is 0 Å². The summed E-state index contributed by atoms with van der Waals surface area (Å²) in [6.07, 6.45) is 2.76. The fourth-order valence-corrected chi connectivity index (χ4v) is 2.06. The molecule has 2 rings (SSSR count). The highest BCUT2D eigenvalue weighted by atomic mass is 32.2. The molecule has 1 N–H and O–H groups in total. The first kappa shape index (κ1) is 11.7. The molecule has 2 aromatic rings. The van der Waals surface area contributed by atoms with E-state index < -0.39 is 5.97 Å². The summed E-state index contributed by atoms with van der Waals surface area (Å²) in [6, 6.07) is 3.22. The van der Waals surface area contributed by atoms with Crippen LogP contribution in [0, 0.1) is 6.92 Å². The summed E-state index contributed by atoms with van der Waals surface area (Å²) in [5.41, 5.74) is 1.06. The van der Waals surface area contributed by atoms with Crippen LogP contribution in [0.15, 0.2) is 34.2 Å². The van der Waals surface area contributed by atoms with E-state index in [0.717, 1.165) is 16.5 Å². The molecule has 0 bridgehead atoms. The molecule has 0 saturated carbocycles. The van der Waals surface area contributed by atoms with Gasteiger partial charge in [0.2, 0.25) is 0 Å². The number of nitrogens with zero attached hydrogens (tertiary/aromatic N) is 2. The minimum absolute atomic E-state index is 0.187. The zero-order valence-electron chi connectivity index (χ0n) is 9.08. The summed E-state index contributed by atoms with van der Waals surface area (Å²) in [7, 11) is 0. The molecule has 2 aromatic heterocycles. The Morgan fingerprint density at radius 1 is 1.47 bits per heavy atom. The standard InChI is InChI=1S/C11H10N2O3S/c1-7-9(13-6-16-7)5-17-10-3-2-8(4-12-10)11(14)15/h2-4,6H,5H2,1H3,(H,14,15). The van der Waals surface area contributed by atoms with Crippen molar-refractivity contribution in [2.75, 3.05) is 0 Å². The molecule has 0 atom stereocenters. The quantitative estimate of drug-likeness (QED) is 0.839. The van der Waals surface area contributed by atoms with Gasteiger partial charge in [0.25, 0.3) is 0 Å². The van der Waals surface area contributed by atoms with Crippen molar-refractivity contribution in [2.45, 2.75) is 17.7 Å². The van der Waals surface area contributed by atoms with E-state index in [1.807, 2.05) is 6.92 Å². The molecule has 0 amide bonds. The molecule has 5 nitrogen and oxygen atoms in total. The Morgan fingerprint density at radius 2 is 2.29 bits per heavy atom. The average molecular weight is 250 g/mol. The Kier molecular flexibility index (Phi) is 3.43. The summed E-state index contributed by atoms with van der Waals surface area (Å²) < 4.78 is 5.08. The van der Waals surface area contributed by atoms with Crippen LogP contribution in [-0.2, 0) is 5.75 Å². The Morgan fingerprint density at radius 3 is 2.82 bits per heavy atom. The maximum atomic E-state index is 10.6. The van der Waals surface area contributed by atoms with Crippen molar-refractivity contribution < 1.29 is 14.3 Å². The van der Waals surface area contributed by atoms with Crippen molar-refractivity contribution in [3.05, 3.63) is 41.7 Å². The van der Waals surface area contributed by atoms with Gasteiger partial charge in [0, 0.05) is 11.9 Å². The molecule has 6 heteroatoms. The molecular weight excluding hydrogens is 240 g/mol. The average Bonchev–Trinajstić information content (AvgIpc) is 2.73. The van der Waals surface area contributed by atoms with Gasteiger partial charge in [0.15, 0.2) is 6.39 Å². The molecule has 0 aromatic carbocycles. The lowest BCUT2D eigenvalue weighted by Gasteiger charge is -1.99. The minimum atomic E-state index is -0.971. The number of thioether (sulfide) groups is 1. The number of carbonyl (C=O) groups is 1. The van der Waals surface area contributed by atoms with E-state index in [0.29, 0.717) is 5.75 Å². The Bertz CT molecular complexity index is 522. The minimum Gasteiger partial charge on any atom is -0.478 e. The van der Waals surface area contributed by atoms with Crippen molar-refractivity contribution in [1.29, 1.82) is 0 Å². The van der Waals surface area contributed by atoms with Gasteiger partial charge in [-0.25, -0.2) is 14.8 Å². The molecule has 17 heavy (non-hydrogen) atoms. The summed E-state index contributed by atoms with van der Waals surface area (Å²) >= 11 is 1.49. The fraction of sp³-hybridized carbons (Fsp3) is 0.182. The number of carboxylic acids is 1. The van der Waals surface area contributed by atoms with E-state index in [4.69, 9.17) is 9.52 Å². The zero-order chi connectivity index (χ0) is 12.3. The third-order valence-corrected chi connectivity index (χ3v) is 3.14. The van der Waals surface area contributed by atoms with Crippen molar-refractivity contribution in [2.24, 2.45) is 0 Å². The number of aromatic nitrogens is 2. The number of pyridine rings is 1. The van der Waals surface area contributed by atoms with Gasteiger partial charge in [-0.05, 0) is 19.1 Å². The number of rotatable bonds is 4. The molecule has 0 aliphatic rings. The van der Waals surface area contributed by atoms with Gasteiger partial charge in [0.05, 0.1) is 16.3 Å². The molecule has 0 unspecified atom stereocenters. The van der Waals surface area contributed by atoms with E-state index in [2.05, 4.69) is 9.97 Å². The number of oxazole rings is 1. The van der Waals surface area contributed by atoms with Crippen molar-refractivity contribution in [1.82, 2.24) is 9.97 Å². The lowest BCUT2D eigenvalue weighted by atomic mass is 10.3. The lowest BCUT2D eigenvalue weighted by Crippen LogP contribution is -1.96. The summed E-state index contributed by atoms with van der Waals surface area (Å²) in [5.74, 6) is 0.475. The van der Waals surface area contributed by atoms with Gasteiger partial charge in [0.1, 0.15) is 5.76 Å². The Balaban J connectivity index is 2.00. The van der Waals surface area contributed by atoms with Crippen LogP contribution in [0.2, 0.25) is 0 Å². The molecular formula is C11H10N2O3S. The highest BCUT2D eigenvalue weighted by molar-refractivity contribution is 7.98. The van der Waals surface area contributed by atoms with Crippen molar-refractivity contribution in [3.8, 4) is 0 Å². The van der Waals surface area contributed by atoms with Crippen LogP contribution in [0.3, 0.4) is 0 Å². The highest BCUT2D eigenvalue weighted by Crippen LogP contribution is 2.21. The van der Waals surface area contributed by atoms with Gasteiger partial charge < -0.3 is 9.52 Å². The summed E-state index contributed by atoms with van der Waals surface area (Å²) in [6.45, 7) is 1.85. The van der Waals surface area contributed by atoms with Crippen LogP contribution in [0.4, 0.5) is 0 Å². The second kappa shape index (κ2) is 5.01. The number of hydrogen-bond donors (Lipinski definition) is 1. The molecule has 88 valence electrons. The normalized spacial score (nSPS) is 10.4. The van der Waals surface area contributed by atoms with Crippen LogP contribution >= 0.6 is 11.8 Å². The van der Waals surface area contributed by atoms with E-state index in [1.165, 1.54) is 30.4 Å². The van der Waals surface area contributed by atoms with Gasteiger partial charge in [-0.2, -0.15) is 0 Å². The smallest absolute Gasteiger partial charge is 0.337 e. The SMILES string of the molecule is Cc1ocnc1CSc1ccc(C(=O)O)cn1. The first-order chi connectivity index (χ1) is 8.16. The number of aryl methyl sites for hydroxylation is 1. The second-order valence-electron chi connectivity index (χ2n) is 3.33. The molecule has 2 heterocycles. The predicted molar refractivity (Wildman–Crippen MR) is 62.0 cm³/mol. The van der Waals surface area contributed by atoms with Gasteiger partial charge in [-0.1, -0.05) is 11.8 Å². The Hall–Kier alpha value is -1.82. The van der Waals surface area contributed by atoms with E-state index in [9.17, 15) is 4.79 Å². The second-order valence-corrected chi connectivity index (χ2v) is 4.33. The zero-order valence-corrected chi connectivity index (χ0v) is 9.90. The summed E-state index contributed by atoms with van der Waals surface area (Å²) in [4.78, 5) is 18.8. The first-order valence-electron chi connectivity index (χ1n) is 4.88. The molecule has 0 aliphatic heterocycles. The first-order valence-corrected chi connectivity index (χ1v) is 5.86. The monoisotopic (exact) mass is 250 g/mol. The van der Waals surface area contributed by atoms with Crippen LogP contribution in [-0.4, -0.2) is 21.0 Å². The van der Waals surface area contributed by atoms with Gasteiger partial charge in [-0.15, -0.1) is 0 Å². The molecule has 0 radical (unpaired) electrons. The van der Waals surface area contributed by atoms with Gasteiger partial charge >= 0.3 is 5.97 Å². The van der Waals surface area contributed by atoms with Crippen LogP contribution in [0.1, 0.15) is 21.8 Å². The number of hydrogen-bond acceptors (Lipinski definition) is 5.